The van der Waals surface area contributed by atoms with Crippen LogP contribution in [0.4, 0.5) is 3.89 Å². The van der Waals surface area contributed by atoms with Gasteiger partial charge in [0.25, 0.3) is 0 Å². The first-order chi connectivity index (χ1) is 6.46. The average molecular weight is 222 g/mol. The predicted octanol–water partition coefficient (Wildman–Crippen LogP) is 1.29. The molecular weight excluding hydrogens is 211 g/mol. The molecule has 14 heavy (non-hydrogen) atoms. The number of ether oxygens (including phenoxy) is 1. The molecule has 0 amide bonds. The summed E-state index contributed by atoms with van der Waals surface area (Å²) in [5.41, 5.74) is -0.0405. The second-order valence-electron chi connectivity index (χ2n) is 3.04. The van der Waals surface area contributed by atoms with Crippen LogP contribution >= 0.6 is 0 Å². The second-order valence-corrected chi connectivity index (χ2v) is 4.41. The third-order valence-corrected chi connectivity index (χ3v) is 3.18. The number of halogens is 1. The molecule has 6 heteroatoms. The Balaban J connectivity index is 3.16. The second kappa shape index (κ2) is 4.08. The maximum absolute atomic E-state index is 12.7. The van der Waals surface area contributed by atoms with E-state index in [0.29, 0.717) is 12.8 Å². The van der Waals surface area contributed by atoms with Gasteiger partial charge < -0.3 is 4.74 Å². The Morgan fingerprint density at radius 3 is 2.43 bits per heavy atom. The molecule has 0 atom stereocenters. The Kier molecular flexibility index (Phi) is 3.25. The Hall–Kier alpha value is -0.910. The van der Waals surface area contributed by atoms with Gasteiger partial charge in [-0.1, -0.05) is 0 Å². The van der Waals surface area contributed by atoms with Crippen molar-refractivity contribution in [3.63, 3.8) is 0 Å². The summed E-state index contributed by atoms with van der Waals surface area (Å²) in [7, 11) is -3.61. The summed E-state index contributed by atoms with van der Waals surface area (Å²) >= 11 is 0. The Labute approximate surface area is 82.0 Å². The van der Waals surface area contributed by atoms with Gasteiger partial charge in [-0.2, -0.15) is 8.42 Å². The zero-order valence-electron chi connectivity index (χ0n) is 7.75. The van der Waals surface area contributed by atoms with Crippen molar-refractivity contribution in [1.82, 2.24) is 0 Å². The van der Waals surface area contributed by atoms with Gasteiger partial charge in [0, 0.05) is 0 Å². The number of carbonyl (C=O) groups is 1. The lowest BCUT2D eigenvalue weighted by Crippen LogP contribution is -2.14. The van der Waals surface area contributed by atoms with Crippen molar-refractivity contribution in [2.75, 3.05) is 7.11 Å². The van der Waals surface area contributed by atoms with Gasteiger partial charge in [-0.3, -0.25) is 0 Å². The van der Waals surface area contributed by atoms with E-state index in [4.69, 9.17) is 0 Å². The van der Waals surface area contributed by atoms with Gasteiger partial charge in [-0.05, 0) is 25.7 Å². The summed E-state index contributed by atoms with van der Waals surface area (Å²) < 4.78 is 38.5. The summed E-state index contributed by atoms with van der Waals surface area (Å²) in [5.74, 6) is -0.749. The minimum Gasteiger partial charge on any atom is -0.466 e. The molecule has 0 bridgehead atoms. The van der Waals surface area contributed by atoms with Crippen LogP contribution in [0.15, 0.2) is 10.5 Å². The van der Waals surface area contributed by atoms with Crippen molar-refractivity contribution < 1.29 is 21.8 Å². The highest BCUT2D eigenvalue weighted by Gasteiger charge is 2.28. The molecule has 0 fully saturated rings. The number of carbonyl (C=O) groups excluding carboxylic acids is 1. The molecule has 0 aliphatic heterocycles. The van der Waals surface area contributed by atoms with E-state index >= 15 is 0 Å². The van der Waals surface area contributed by atoms with Crippen LogP contribution < -0.4 is 0 Å². The maximum atomic E-state index is 12.7. The fourth-order valence-corrected chi connectivity index (χ4v) is 2.35. The first-order valence-electron chi connectivity index (χ1n) is 4.22. The third kappa shape index (κ3) is 2.31. The molecule has 0 saturated heterocycles. The lowest BCUT2D eigenvalue weighted by Gasteiger charge is -2.15. The molecule has 1 aliphatic carbocycles. The van der Waals surface area contributed by atoms with Crippen molar-refractivity contribution in [2.45, 2.75) is 25.7 Å². The normalized spacial score (nSPS) is 18.1. The van der Waals surface area contributed by atoms with Crippen molar-refractivity contribution in [1.29, 1.82) is 0 Å². The van der Waals surface area contributed by atoms with Crippen molar-refractivity contribution in [2.24, 2.45) is 0 Å². The summed E-state index contributed by atoms with van der Waals surface area (Å²) in [6.45, 7) is 0. The van der Waals surface area contributed by atoms with Crippen LogP contribution in [-0.2, 0) is 19.8 Å². The fraction of sp³-hybridized carbons (Fsp3) is 0.625. The molecule has 1 aliphatic rings. The van der Waals surface area contributed by atoms with Crippen LogP contribution in [0.1, 0.15) is 25.7 Å². The molecule has 0 radical (unpaired) electrons. The fourth-order valence-electron chi connectivity index (χ4n) is 1.49. The van der Waals surface area contributed by atoms with Gasteiger partial charge in [0.1, 0.15) is 0 Å². The highest BCUT2D eigenvalue weighted by atomic mass is 32.3. The average Bonchev–Trinajstić information content (AvgIpc) is 2.15. The molecule has 0 aromatic rings. The summed E-state index contributed by atoms with van der Waals surface area (Å²) in [6, 6.07) is 0. The lowest BCUT2D eigenvalue weighted by molar-refractivity contribution is -0.136. The van der Waals surface area contributed by atoms with Crippen LogP contribution in [0.2, 0.25) is 0 Å². The quantitative estimate of drug-likeness (QED) is 0.521. The standard InChI is InChI=1S/C8H11FO4S/c1-13-8(10)6-4-2-3-5-7(6)14(9,11)12/h2-5H2,1H3. The molecule has 0 aromatic carbocycles. The van der Waals surface area contributed by atoms with Crippen LogP contribution in [0.5, 0.6) is 0 Å². The number of esters is 1. The predicted molar refractivity (Wildman–Crippen MR) is 47.5 cm³/mol. The molecule has 0 aromatic heterocycles. The van der Waals surface area contributed by atoms with E-state index < -0.39 is 21.1 Å². The van der Waals surface area contributed by atoms with Crippen molar-refractivity contribution in [3.05, 3.63) is 10.5 Å². The molecule has 0 spiro atoms. The Bertz CT molecular complexity index is 369. The van der Waals surface area contributed by atoms with Crippen molar-refractivity contribution >= 4 is 16.2 Å². The number of hydrogen-bond acceptors (Lipinski definition) is 4. The topological polar surface area (TPSA) is 60.4 Å². The minimum atomic E-state index is -4.75. The SMILES string of the molecule is COC(=O)C1=C(S(=O)(=O)F)CCCC1. The Morgan fingerprint density at radius 1 is 1.36 bits per heavy atom. The van der Waals surface area contributed by atoms with E-state index in [2.05, 4.69) is 4.74 Å². The summed E-state index contributed by atoms with van der Waals surface area (Å²) in [6.07, 6.45) is 1.62. The highest BCUT2D eigenvalue weighted by Crippen LogP contribution is 2.30. The monoisotopic (exact) mass is 222 g/mol. The smallest absolute Gasteiger partial charge is 0.334 e. The van der Waals surface area contributed by atoms with Gasteiger partial charge in [-0.15, -0.1) is 3.89 Å². The van der Waals surface area contributed by atoms with Crippen LogP contribution in [0, 0.1) is 0 Å². The zero-order chi connectivity index (χ0) is 10.8. The summed E-state index contributed by atoms with van der Waals surface area (Å²) in [5, 5.41) is 0. The molecule has 0 N–H and O–H groups in total. The largest absolute Gasteiger partial charge is 0.466 e. The number of methoxy groups -OCH3 is 1. The van der Waals surface area contributed by atoms with E-state index in [1.165, 1.54) is 0 Å². The highest BCUT2D eigenvalue weighted by molar-refractivity contribution is 7.90. The van der Waals surface area contributed by atoms with Gasteiger partial charge in [0.2, 0.25) is 0 Å². The van der Waals surface area contributed by atoms with E-state index in [1.807, 2.05) is 0 Å². The van der Waals surface area contributed by atoms with Gasteiger partial charge in [-0.25, -0.2) is 4.79 Å². The molecule has 80 valence electrons. The van der Waals surface area contributed by atoms with Gasteiger partial charge in [0.05, 0.1) is 17.6 Å². The molecule has 1 rings (SSSR count). The molecule has 0 unspecified atom stereocenters. The number of allylic oxidation sites excluding steroid dienone is 1. The van der Waals surface area contributed by atoms with Crippen LogP contribution in [-0.4, -0.2) is 21.5 Å². The first-order valence-corrected chi connectivity index (χ1v) is 5.60. The summed E-state index contributed by atoms with van der Waals surface area (Å²) in [4.78, 5) is 10.7. The minimum absolute atomic E-state index is 0.0405. The lowest BCUT2D eigenvalue weighted by atomic mass is 9.99. The van der Waals surface area contributed by atoms with E-state index in [-0.39, 0.29) is 18.4 Å². The van der Waals surface area contributed by atoms with E-state index in [0.717, 1.165) is 7.11 Å². The molecular formula is C8H11FO4S. The maximum Gasteiger partial charge on any atom is 0.334 e. The first kappa shape index (κ1) is 11.2. The Morgan fingerprint density at radius 2 is 1.93 bits per heavy atom. The van der Waals surface area contributed by atoms with E-state index in [1.54, 1.807) is 0 Å². The number of rotatable bonds is 2. The molecule has 0 heterocycles. The van der Waals surface area contributed by atoms with E-state index in [9.17, 15) is 17.1 Å². The molecule has 4 nitrogen and oxygen atoms in total. The number of hydrogen-bond donors (Lipinski definition) is 0. The van der Waals surface area contributed by atoms with Crippen molar-refractivity contribution in [3.8, 4) is 0 Å². The van der Waals surface area contributed by atoms with Crippen LogP contribution in [0.3, 0.4) is 0 Å². The van der Waals surface area contributed by atoms with Gasteiger partial charge in [0.15, 0.2) is 0 Å². The van der Waals surface area contributed by atoms with Gasteiger partial charge >= 0.3 is 16.2 Å². The molecule has 0 saturated carbocycles. The zero-order valence-corrected chi connectivity index (χ0v) is 8.56. The van der Waals surface area contributed by atoms with Crippen LogP contribution in [0.25, 0.3) is 0 Å². The third-order valence-electron chi connectivity index (χ3n) is 2.14.